The third-order valence-electron chi connectivity index (χ3n) is 3.29. The highest BCUT2D eigenvalue weighted by atomic mass is 16.5. The summed E-state index contributed by atoms with van der Waals surface area (Å²) < 4.78 is 6.86. The first-order valence-corrected chi connectivity index (χ1v) is 6.67. The summed E-state index contributed by atoms with van der Waals surface area (Å²) >= 11 is 0. The number of benzene rings is 1. The van der Waals surface area contributed by atoms with Crippen molar-refractivity contribution < 1.29 is 19.4 Å². The largest absolute Gasteiger partial charge is 0.494 e. The number of nitrogens with one attached hydrogen (secondary N) is 1. The molecule has 1 atom stereocenters. The van der Waals surface area contributed by atoms with Crippen molar-refractivity contribution in [1.82, 2.24) is 15.1 Å². The molecule has 0 aliphatic heterocycles. The van der Waals surface area contributed by atoms with Gasteiger partial charge in [0, 0.05) is 0 Å². The van der Waals surface area contributed by atoms with Gasteiger partial charge < -0.3 is 15.2 Å². The number of hydrogen-bond acceptors (Lipinski definition) is 4. The highest BCUT2D eigenvalue weighted by Crippen LogP contribution is 2.23. The Morgan fingerprint density at radius 2 is 2.05 bits per heavy atom. The Balaban J connectivity index is 2.34. The van der Waals surface area contributed by atoms with Crippen molar-refractivity contribution in [1.29, 1.82) is 0 Å². The molecule has 0 aliphatic carbocycles. The van der Waals surface area contributed by atoms with E-state index in [1.807, 2.05) is 18.2 Å². The van der Waals surface area contributed by atoms with E-state index in [-0.39, 0.29) is 0 Å². The van der Waals surface area contributed by atoms with Crippen molar-refractivity contribution in [2.45, 2.75) is 19.9 Å². The number of nitrogens with zero attached hydrogens (tertiary/aromatic N) is 2. The number of carboxylic acids is 1. The van der Waals surface area contributed by atoms with Gasteiger partial charge in [-0.15, -0.1) is 0 Å². The number of rotatable bonds is 5. The Hall–Kier alpha value is -2.83. The molecule has 7 heteroatoms. The van der Waals surface area contributed by atoms with Crippen molar-refractivity contribution in [2.75, 3.05) is 7.11 Å². The van der Waals surface area contributed by atoms with Crippen LogP contribution in [0.15, 0.2) is 30.5 Å². The average Bonchev–Trinajstić information content (AvgIpc) is 2.88. The first-order valence-electron chi connectivity index (χ1n) is 6.67. The van der Waals surface area contributed by atoms with Crippen molar-refractivity contribution in [3.8, 4) is 11.4 Å². The minimum atomic E-state index is -1.09. The lowest BCUT2D eigenvalue weighted by molar-refractivity contribution is -0.138. The summed E-state index contributed by atoms with van der Waals surface area (Å²) in [6.45, 7) is 3.14. The van der Waals surface area contributed by atoms with Crippen molar-refractivity contribution >= 4 is 11.9 Å². The molecule has 0 saturated heterocycles. The molecule has 116 valence electrons. The topological polar surface area (TPSA) is 93.5 Å². The zero-order chi connectivity index (χ0) is 16.3. The molecule has 0 bridgehead atoms. The minimum Gasteiger partial charge on any atom is -0.494 e. The van der Waals surface area contributed by atoms with E-state index < -0.39 is 17.9 Å². The molecule has 1 aromatic heterocycles. The maximum absolute atomic E-state index is 12.1. The van der Waals surface area contributed by atoms with Crippen molar-refractivity contribution in [2.24, 2.45) is 0 Å². The van der Waals surface area contributed by atoms with Crippen LogP contribution in [0.1, 0.15) is 23.0 Å². The lowest BCUT2D eigenvalue weighted by Crippen LogP contribution is -2.38. The van der Waals surface area contributed by atoms with Gasteiger partial charge in [0.1, 0.15) is 17.5 Å². The molecule has 22 heavy (non-hydrogen) atoms. The summed E-state index contributed by atoms with van der Waals surface area (Å²) in [7, 11) is 1.56. The second-order valence-electron chi connectivity index (χ2n) is 4.76. The van der Waals surface area contributed by atoms with Gasteiger partial charge in [-0.25, -0.2) is 4.68 Å². The summed E-state index contributed by atoms with van der Waals surface area (Å²) in [4.78, 5) is 22.9. The summed E-state index contributed by atoms with van der Waals surface area (Å²) in [5.74, 6) is -0.948. The predicted octanol–water partition coefficient (Wildman–Crippen LogP) is 1.39. The van der Waals surface area contributed by atoms with Gasteiger partial charge in [-0.2, -0.15) is 5.10 Å². The predicted molar refractivity (Wildman–Crippen MR) is 79.4 cm³/mol. The lowest BCUT2D eigenvalue weighted by atomic mass is 10.2. The molecule has 0 saturated carbocycles. The van der Waals surface area contributed by atoms with Gasteiger partial charge in [0.25, 0.3) is 5.91 Å². The Morgan fingerprint density at radius 3 is 2.68 bits per heavy atom. The van der Waals surface area contributed by atoms with E-state index in [1.54, 1.807) is 24.8 Å². The number of aliphatic carboxylic acids is 1. The van der Waals surface area contributed by atoms with Gasteiger partial charge in [0.05, 0.1) is 24.6 Å². The molecule has 0 aliphatic rings. The fourth-order valence-corrected chi connectivity index (χ4v) is 2.02. The van der Waals surface area contributed by atoms with E-state index in [4.69, 9.17) is 9.84 Å². The molecular formula is C15H17N3O4. The van der Waals surface area contributed by atoms with Gasteiger partial charge in [-0.1, -0.05) is 12.1 Å². The fraction of sp³-hybridized carbons (Fsp3) is 0.267. The van der Waals surface area contributed by atoms with E-state index in [2.05, 4.69) is 10.4 Å². The maximum atomic E-state index is 12.1. The fourth-order valence-electron chi connectivity index (χ4n) is 2.02. The number of hydrogen-bond donors (Lipinski definition) is 2. The van der Waals surface area contributed by atoms with Gasteiger partial charge in [0.2, 0.25) is 0 Å². The first kappa shape index (κ1) is 15.6. The number of ether oxygens (including phenoxy) is 1. The molecule has 2 rings (SSSR count). The SMILES string of the molecule is COc1ccccc1-n1ncc(C(=O)N[C@H](C)C(=O)O)c1C. The molecule has 0 fully saturated rings. The van der Waals surface area contributed by atoms with Gasteiger partial charge >= 0.3 is 5.97 Å². The minimum absolute atomic E-state index is 0.319. The van der Waals surface area contributed by atoms with Crippen LogP contribution in [-0.2, 0) is 4.79 Å². The summed E-state index contributed by atoms with van der Waals surface area (Å²) in [5.41, 5.74) is 1.62. The van der Waals surface area contributed by atoms with Gasteiger partial charge in [-0.05, 0) is 26.0 Å². The van der Waals surface area contributed by atoms with Crippen molar-refractivity contribution in [3.63, 3.8) is 0 Å². The molecule has 1 heterocycles. The smallest absolute Gasteiger partial charge is 0.325 e. The number of aromatic nitrogens is 2. The molecule has 2 aromatic rings. The lowest BCUT2D eigenvalue weighted by Gasteiger charge is -2.11. The number of para-hydroxylation sites is 2. The van der Waals surface area contributed by atoms with Crippen LogP contribution in [0.2, 0.25) is 0 Å². The summed E-state index contributed by atoms with van der Waals surface area (Å²) in [6.07, 6.45) is 1.41. The van der Waals surface area contributed by atoms with Crippen molar-refractivity contribution in [3.05, 3.63) is 41.7 Å². The molecular weight excluding hydrogens is 286 g/mol. The monoisotopic (exact) mass is 303 g/mol. The van der Waals surface area contributed by atoms with Gasteiger partial charge in [0.15, 0.2) is 0 Å². The number of carbonyl (C=O) groups is 2. The van der Waals surface area contributed by atoms with E-state index >= 15 is 0 Å². The van der Waals surface area contributed by atoms with Crippen LogP contribution in [0.3, 0.4) is 0 Å². The first-order chi connectivity index (χ1) is 10.5. The molecule has 0 unspecified atom stereocenters. The van der Waals surface area contributed by atoms with Crippen LogP contribution in [0.25, 0.3) is 5.69 Å². The molecule has 1 aromatic carbocycles. The normalized spacial score (nSPS) is 11.8. The molecule has 7 nitrogen and oxygen atoms in total. The number of amides is 1. The van der Waals surface area contributed by atoms with E-state index in [0.29, 0.717) is 22.7 Å². The summed E-state index contributed by atoms with van der Waals surface area (Å²) in [5, 5.41) is 15.4. The zero-order valence-corrected chi connectivity index (χ0v) is 12.5. The van der Waals surface area contributed by atoms with Crippen LogP contribution >= 0.6 is 0 Å². The van der Waals surface area contributed by atoms with Crippen LogP contribution in [0.4, 0.5) is 0 Å². The number of carbonyl (C=O) groups excluding carboxylic acids is 1. The quantitative estimate of drug-likeness (QED) is 0.870. The summed E-state index contributed by atoms with van der Waals surface area (Å²) in [6, 6.07) is 6.32. The van der Waals surface area contributed by atoms with E-state index in [9.17, 15) is 9.59 Å². The van der Waals surface area contributed by atoms with Crippen LogP contribution in [0.5, 0.6) is 5.75 Å². The maximum Gasteiger partial charge on any atom is 0.325 e. The van der Waals surface area contributed by atoms with Gasteiger partial charge in [-0.3, -0.25) is 9.59 Å². The van der Waals surface area contributed by atoms with E-state index in [1.165, 1.54) is 13.1 Å². The Bertz CT molecular complexity index is 709. The Morgan fingerprint density at radius 1 is 1.36 bits per heavy atom. The molecule has 0 spiro atoms. The Kier molecular flexibility index (Phi) is 4.45. The standard InChI is InChI=1S/C15H17N3O4/c1-9(15(20)21)17-14(19)11-8-16-18(10(11)2)12-6-4-5-7-13(12)22-3/h4-9H,1-3H3,(H,17,19)(H,20,21)/t9-/m1/s1. The highest BCUT2D eigenvalue weighted by molar-refractivity contribution is 5.97. The molecule has 1 amide bonds. The molecule has 2 N–H and O–H groups in total. The third-order valence-corrected chi connectivity index (χ3v) is 3.29. The Labute approximate surface area is 127 Å². The number of carboxylic acid groups (broad SMARTS) is 1. The number of methoxy groups -OCH3 is 1. The second-order valence-corrected chi connectivity index (χ2v) is 4.76. The second kappa shape index (κ2) is 6.30. The van der Waals surface area contributed by atoms with Crippen LogP contribution in [-0.4, -0.2) is 39.9 Å². The highest BCUT2D eigenvalue weighted by Gasteiger charge is 2.20. The van der Waals surface area contributed by atoms with Crippen LogP contribution < -0.4 is 10.1 Å². The third kappa shape index (κ3) is 2.93. The van der Waals surface area contributed by atoms with Crippen LogP contribution in [0, 0.1) is 6.92 Å². The zero-order valence-electron chi connectivity index (χ0n) is 12.5. The van der Waals surface area contributed by atoms with E-state index in [0.717, 1.165) is 0 Å². The average molecular weight is 303 g/mol. The molecule has 0 radical (unpaired) electrons.